The zero-order valence-corrected chi connectivity index (χ0v) is 7.98. The van der Waals surface area contributed by atoms with Crippen LogP contribution in [0.2, 0.25) is 0 Å². The second-order valence-corrected chi connectivity index (χ2v) is 2.85. The van der Waals surface area contributed by atoms with E-state index in [9.17, 15) is 13.6 Å². The molecule has 1 unspecified atom stereocenters. The summed E-state index contributed by atoms with van der Waals surface area (Å²) in [5, 5.41) is 0. The molecule has 0 aliphatic rings. The molecule has 15 heavy (non-hydrogen) atoms. The molecule has 0 aliphatic carbocycles. The van der Waals surface area contributed by atoms with Crippen LogP contribution in [0.4, 0.5) is 8.78 Å². The van der Waals surface area contributed by atoms with E-state index in [0.717, 1.165) is 0 Å². The predicted octanol–water partition coefficient (Wildman–Crippen LogP) is 2.68. The molecule has 1 atom stereocenters. The predicted molar refractivity (Wildman–Crippen MR) is 49.6 cm³/mol. The first-order chi connectivity index (χ1) is 7.13. The number of hydrogen-bond acceptors (Lipinski definition) is 3. The van der Waals surface area contributed by atoms with E-state index in [1.54, 1.807) is 19.1 Å². The Morgan fingerprint density at radius 3 is 2.80 bits per heavy atom. The third-order valence-corrected chi connectivity index (χ3v) is 1.81. The van der Waals surface area contributed by atoms with Gasteiger partial charge < -0.3 is 4.74 Å². The van der Waals surface area contributed by atoms with Gasteiger partial charge in [0, 0.05) is 0 Å². The van der Waals surface area contributed by atoms with Gasteiger partial charge in [0.1, 0.15) is 5.75 Å². The summed E-state index contributed by atoms with van der Waals surface area (Å²) in [4.78, 5) is 13.5. The lowest BCUT2D eigenvalue weighted by Crippen LogP contribution is -2.02. The normalized spacial score (nSPS) is 12.0. The van der Waals surface area contributed by atoms with Crippen molar-refractivity contribution in [2.24, 2.45) is 4.99 Å². The second-order valence-electron chi connectivity index (χ2n) is 2.85. The van der Waals surface area contributed by atoms with E-state index in [1.807, 2.05) is 0 Å². The van der Waals surface area contributed by atoms with Gasteiger partial charge >= 0.3 is 6.61 Å². The first kappa shape index (κ1) is 11.3. The number of isocyanates is 1. The lowest BCUT2D eigenvalue weighted by molar-refractivity contribution is -0.0498. The van der Waals surface area contributed by atoms with Gasteiger partial charge in [0.2, 0.25) is 6.08 Å². The molecule has 1 rings (SSSR count). The zero-order valence-electron chi connectivity index (χ0n) is 7.98. The monoisotopic (exact) mass is 213 g/mol. The van der Waals surface area contributed by atoms with Gasteiger partial charge in [-0.05, 0) is 24.6 Å². The zero-order chi connectivity index (χ0) is 11.3. The number of halogens is 2. The van der Waals surface area contributed by atoms with Crippen LogP contribution >= 0.6 is 0 Å². The Morgan fingerprint density at radius 2 is 2.20 bits per heavy atom. The van der Waals surface area contributed by atoms with E-state index < -0.39 is 12.7 Å². The summed E-state index contributed by atoms with van der Waals surface area (Å²) in [5.41, 5.74) is 0.622. The molecule has 1 aromatic rings. The molecular weight excluding hydrogens is 204 g/mol. The number of aliphatic imine (C=N–C) groups is 1. The number of carbonyl (C=O) groups excluding carboxylic acids is 1. The van der Waals surface area contributed by atoms with Gasteiger partial charge in [0.25, 0.3) is 0 Å². The summed E-state index contributed by atoms with van der Waals surface area (Å²) < 4.78 is 28.0. The first-order valence-corrected chi connectivity index (χ1v) is 4.25. The van der Waals surface area contributed by atoms with Gasteiger partial charge in [0.05, 0.1) is 6.04 Å². The van der Waals surface area contributed by atoms with Gasteiger partial charge in [-0.2, -0.15) is 13.8 Å². The van der Waals surface area contributed by atoms with E-state index in [1.165, 1.54) is 18.2 Å². The first-order valence-electron chi connectivity index (χ1n) is 4.25. The molecule has 0 aromatic heterocycles. The fourth-order valence-corrected chi connectivity index (χ4v) is 1.10. The number of alkyl halides is 2. The number of hydrogen-bond donors (Lipinski definition) is 0. The molecule has 3 nitrogen and oxygen atoms in total. The Labute approximate surface area is 85.4 Å². The summed E-state index contributed by atoms with van der Waals surface area (Å²) in [6, 6.07) is 5.64. The second kappa shape index (κ2) is 5.22. The number of benzene rings is 1. The highest BCUT2D eigenvalue weighted by molar-refractivity contribution is 5.37. The molecule has 0 spiro atoms. The average molecular weight is 213 g/mol. The quantitative estimate of drug-likeness (QED) is 0.569. The molecule has 0 bridgehead atoms. The lowest BCUT2D eigenvalue weighted by atomic mass is 10.1. The van der Waals surface area contributed by atoms with Crippen molar-refractivity contribution in [3.05, 3.63) is 29.8 Å². The fourth-order valence-electron chi connectivity index (χ4n) is 1.10. The average Bonchev–Trinajstić information content (AvgIpc) is 2.17. The van der Waals surface area contributed by atoms with Crippen molar-refractivity contribution in [2.75, 3.05) is 0 Å². The van der Waals surface area contributed by atoms with Crippen LogP contribution in [0.3, 0.4) is 0 Å². The minimum Gasteiger partial charge on any atom is -0.435 e. The molecule has 0 fully saturated rings. The Morgan fingerprint density at radius 1 is 1.47 bits per heavy atom. The van der Waals surface area contributed by atoms with Crippen LogP contribution in [0.5, 0.6) is 5.75 Å². The maximum absolute atomic E-state index is 11.9. The van der Waals surface area contributed by atoms with Crippen LogP contribution in [0, 0.1) is 0 Å². The van der Waals surface area contributed by atoms with Crippen molar-refractivity contribution < 1.29 is 18.3 Å². The highest BCUT2D eigenvalue weighted by Gasteiger charge is 2.07. The third kappa shape index (κ3) is 3.48. The highest BCUT2D eigenvalue weighted by atomic mass is 19.3. The molecule has 0 saturated carbocycles. The van der Waals surface area contributed by atoms with Crippen LogP contribution in [-0.4, -0.2) is 12.7 Å². The molecular formula is C10H9F2NO2. The molecule has 0 radical (unpaired) electrons. The summed E-state index contributed by atoms with van der Waals surface area (Å²) in [5.74, 6) is 0.0513. The topological polar surface area (TPSA) is 38.7 Å². The third-order valence-electron chi connectivity index (χ3n) is 1.81. The Balaban J connectivity index is 2.86. The summed E-state index contributed by atoms with van der Waals surface area (Å²) in [6.45, 7) is -1.20. The molecule has 5 heteroatoms. The van der Waals surface area contributed by atoms with Crippen LogP contribution in [0.1, 0.15) is 18.5 Å². The maximum atomic E-state index is 11.9. The smallest absolute Gasteiger partial charge is 0.387 e. The summed E-state index contributed by atoms with van der Waals surface area (Å²) >= 11 is 0. The van der Waals surface area contributed by atoms with Crippen molar-refractivity contribution in [3.63, 3.8) is 0 Å². The minimum absolute atomic E-state index is 0.0513. The number of rotatable bonds is 4. The van der Waals surface area contributed by atoms with E-state index >= 15 is 0 Å². The van der Waals surface area contributed by atoms with Crippen molar-refractivity contribution in [1.29, 1.82) is 0 Å². The van der Waals surface area contributed by atoms with Crippen LogP contribution in [0.15, 0.2) is 29.3 Å². The summed E-state index contributed by atoms with van der Waals surface area (Å²) in [7, 11) is 0. The molecule has 0 heterocycles. The largest absolute Gasteiger partial charge is 0.435 e. The van der Waals surface area contributed by atoms with E-state index in [4.69, 9.17) is 0 Å². The Hall–Kier alpha value is -1.74. The lowest BCUT2D eigenvalue weighted by Gasteiger charge is -2.08. The standard InChI is InChI=1S/C10H9F2NO2/c1-7(13-6-14)8-3-2-4-9(5-8)15-10(11)12/h2-5,7,10H,1H3. The molecule has 0 aliphatic heterocycles. The fraction of sp³-hybridized carbons (Fsp3) is 0.300. The van der Waals surface area contributed by atoms with Crippen molar-refractivity contribution >= 4 is 6.08 Å². The van der Waals surface area contributed by atoms with Gasteiger partial charge in [-0.25, -0.2) is 4.79 Å². The van der Waals surface area contributed by atoms with E-state index in [0.29, 0.717) is 5.56 Å². The van der Waals surface area contributed by atoms with Crippen molar-refractivity contribution in [3.8, 4) is 5.75 Å². The van der Waals surface area contributed by atoms with Gasteiger partial charge in [-0.15, -0.1) is 0 Å². The van der Waals surface area contributed by atoms with E-state index in [2.05, 4.69) is 9.73 Å². The maximum Gasteiger partial charge on any atom is 0.387 e. The Bertz CT molecular complexity index is 375. The van der Waals surface area contributed by atoms with Crippen LogP contribution < -0.4 is 4.74 Å². The highest BCUT2D eigenvalue weighted by Crippen LogP contribution is 2.22. The van der Waals surface area contributed by atoms with Gasteiger partial charge in [0.15, 0.2) is 0 Å². The molecule has 0 N–H and O–H groups in total. The van der Waals surface area contributed by atoms with Crippen molar-refractivity contribution in [1.82, 2.24) is 0 Å². The van der Waals surface area contributed by atoms with Crippen LogP contribution in [-0.2, 0) is 4.79 Å². The molecule has 0 amide bonds. The number of nitrogens with zero attached hydrogens (tertiary/aromatic N) is 1. The van der Waals surface area contributed by atoms with Crippen molar-refractivity contribution in [2.45, 2.75) is 19.6 Å². The molecule has 80 valence electrons. The van der Waals surface area contributed by atoms with Crippen LogP contribution in [0.25, 0.3) is 0 Å². The Kier molecular flexibility index (Phi) is 3.94. The summed E-state index contributed by atoms with van der Waals surface area (Å²) in [6.07, 6.45) is 1.41. The van der Waals surface area contributed by atoms with Gasteiger partial charge in [-0.3, -0.25) is 0 Å². The van der Waals surface area contributed by atoms with Gasteiger partial charge in [-0.1, -0.05) is 12.1 Å². The molecule has 0 saturated heterocycles. The molecule has 1 aromatic carbocycles. The minimum atomic E-state index is -2.86. The number of ether oxygens (including phenoxy) is 1. The SMILES string of the molecule is CC(N=C=O)c1cccc(OC(F)F)c1. The van der Waals surface area contributed by atoms with E-state index in [-0.39, 0.29) is 5.75 Å².